The number of nitrogens with zero attached hydrogens (tertiary/aromatic N) is 8. The first-order valence-corrected chi connectivity index (χ1v) is 22.0. The number of H-pyrrole nitrogens is 2. The molecule has 9 aromatic rings. The van der Waals surface area contributed by atoms with Crippen molar-refractivity contribution in [2.75, 3.05) is 42.3 Å². The Bertz CT molecular complexity index is 3240. The molecule has 2 aliphatic heterocycles. The molecule has 0 saturated carbocycles. The van der Waals surface area contributed by atoms with Gasteiger partial charge in [0.25, 0.3) is 0 Å². The number of rotatable bonds is 6. The Morgan fingerprint density at radius 3 is 1.05 bits per heavy atom. The molecule has 0 fully saturated rings. The minimum absolute atomic E-state index is 0.571. The van der Waals surface area contributed by atoms with Crippen molar-refractivity contribution in [3.63, 3.8) is 0 Å². The van der Waals surface area contributed by atoms with Crippen LogP contribution in [0.5, 0.6) is 0 Å². The number of hydrogen-bond donors (Lipinski definition) is 2. The van der Waals surface area contributed by atoms with Crippen LogP contribution in [0, 0.1) is 0 Å². The molecule has 5 heterocycles. The van der Waals surface area contributed by atoms with Gasteiger partial charge in [-0.25, -0.2) is 29.9 Å². The van der Waals surface area contributed by atoms with Gasteiger partial charge in [-0.1, -0.05) is 108 Å². The van der Waals surface area contributed by atoms with E-state index in [9.17, 15) is 0 Å². The fourth-order valence-electron chi connectivity index (χ4n) is 7.99. The van der Waals surface area contributed by atoms with E-state index in [1.165, 1.54) is 11.4 Å². The lowest BCUT2D eigenvalue weighted by molar-refractivity contribution is 0.485. The van der Waals surface area contributed by atoms with Gasteiger partial charge < -0.3 is 9.97 Å². The van der Waals surface area contributed by atoms with Crippen LogP contribution in [0.3, 0.4) is 0 Å². The van der Waals surface area contributed by atoms with E-state index in [2.05, 4.69) is 149 Å². The topological polar surface area (TPSA) is 109 Å². The molecule has 62 heavy (non-hydrogen) atoms. The van der Waals surface area contributed by atoms with Gasteiger partial charge in [0.2, 0.25) is 0 Å². The zero-order valence-electron chi connectivity index (χ0n) is 35.1. The third-order valence-corrected chi connectivity index (χ3v) is 13.5. The summed E-state index contributed by atoms with van der Waals surface area (Å²) in [7, 11) is 13.2. The Balaban J connectivity index is 1.23. The summed E-state index contributed by atoms with van der Waals surface area (Å²) in [6.07, 6.45) is 0. The summed E-state index contributed by atoms with van der Waals surface area (Å²) >= 11 is 3.52. The van der Waals surface area contributed by atoms with Crippen LogP contribution in [-0.2, 0) is 0 Å². The number of quaternary nitrogens is 2. The van der Waals surface area contributed by atoms with Gasteiger partial charge >= 0.3 is 0 Å². The highest BCUT2D eigenvalue weighted by atomic mass is 32.2. The first kappa shape index (κ1) is 38.2. The Hall–Kier alpha value is -6.70. The molecule has 0 aliphatic carbocycles. The van der Waals surface area contributed by atoms with E-state index in [1.807, 2.05) is 36.4 Å². The monoisotopic (exact) mass is 846 g/mol. The summed E-state index contributed by atoms with van der Waals surface area (Å²) in [4.78, 5) is 42.9. The second-order valence-corrected chi connectivity index (χ2v) is 19.5. The summed E-state index contributed by atoms with van der Waals surface area (Å²) < 4.78 is 1.43. The number of benzene rings is 6. The van der Waals surface area contributed by atoms with E-state index in [0.29, 0.717) is 54.9 Å². The molecule has 10 nitrogen and oxygen atoms in total. The number of fused-ring (bicyclic) bond motifs is 20. The van der Waals surface area contributed by atoms with E-state index in [-0.39, 0.29) is 0 Å². The summed E-state index contributed by atoms with van der Waals surface area (Å²) in [5.41, 5.74) is 8.71. The molecule has 0 amide bonds. The van der Waals surface area contributed by atoms with Crippen molar-refractivity contribution in [3.05, 3.63) is 133 Å². The highest BCUT2D eigenvalue weighted by Gasteiger charge is 2.24. The second kappa shape index (κ2) is 14.5. The average Bonchev–Trinajstić information content (AvgIpc) is 3.99. The molecule has 12 heteroatoms. The quantitative estimate of drug-likeness (QED) is 0.159. The van der Waals surface area contributed by atoms with Crippen molar-refractivity contribution in [1.29, 1.82) is 0 Å². The summed E-state index contributed by atoms with van der Waals surface area (Å²) in [6.45, 7) is 0. The lowest BCUT2D eigenvalue weighted by Crippen LogP contribution is -2.34. The standard InChI is InChI=1S/C50H42N10S2/c1-59(2,3)29-15-13-17-31(25-29)61-41-27-39-40(28-42(41)62-32-18-14-16-30(26-32)60(4,5)6)50-57-48-38-24-12-10-22-36(38)46(55-48)53-44-34-20-8-7-19-33(34)43(51-44)52-45-35-21-9-11-23-37(35)47(54-45)56-49(39)58-50/h7-28H,1-6H3,(H2,51,52,53,54,55,56,57,58)/q+2. The minimum atomic E-state index is 0.571. The molecule has 3 aromatic heterocycles. The van der Waals surface area contributed by atoms with Crippen LogP contribution in [0.15, 0.2) is 153 Å². The molecule has 0 unspecified atom stereocenters. The molecule has 0 spiro atoms. The summed E-state index contributed by atoms with van der Waals surface area (Å²) in [5, 5.41) is 3.73. The first-order valence-electron chi connectivity index (χ1n) is 20.4. The normalized spacial score (nSPS) is 12.5. The van der Waals surface area contributed by atoms with Crippen LogP contribution in [-0.4, -0.2) is 82.2 Å². The Kier molecular flexibility index (Phi) is 8.92. The van der Waals surface area contributed by atoms with Crippen molar-refractivity contribution in [2.24, 2.45) is 0 Å². The van der Waals surface area contributed by atoms with Crippen LogP contribution in [0.1, 0.15) is 0 Å². The molecule has 0 radical (unpaired) electrons. The van der Waals surface area contributed by atoms with Crippen LogP contribution in [0.25, 0.3) is 89.7 Å². The maximum atomic E-state index is 5.34. The van der Waals surface area contributed by atoms with Gasteiger partial charge in [0, 0.05) is 75.5 Å². The Morgan fingerprint density at radius 1 is 0.355 bits per heavy atom. The van der Waals surface area contributed by atoms with Gasteiger partial charge in [0.05, 0.1) is 42.3 Å². The maximum Gasteiger partial charge on any atom is 0.164 e. The predicted molar refractivity (Wildman–Crippen MR) is 256 cm³/mol. The molecule has 2 aliphatic rings. The Morgan fingerprint density at radius 2 is 0.694 bits per heavy atom. The van der Waals surface area contributed by atoms with Crippen molar-refractivity contribution in [2.45, 2.75) is 19.6 Å². The van der Waals surface area contributed by atoms with Gasteiger partial charge in [0.1, 0.15) is 34.0 Å². The second-order valence-electron chi connectivity index (χ2n) is 17.3. The van der Waals surface area contributed by atoms with E-state index in [4.69, 9.17) is 29.9 Å². The highest BCUT2D eigenvalue weighted by molar-refractivity contribution is 8.02. The van der Waals surface area contributed by atoms with Crippen LogP contribution < -0.4 is 8.97 Å². The molecule has 302 valence electrons. The summed E-state index contributed by atoms with van der Waals surface area (Å²) in [5.74, 6) is 2.30. The van der Waals surface area contributed by atoms with Crippen molar-refractivity contribution in [1.82, 2.24) is 48.8 Å². The van der Waals surface area contributed by atoms with Crippen molar-refractivity contribution >= 4 is 79.0 Å². The smallest absolute Gasteiger partial charge is 0.164 e. The zero-order valence-corrected chi connectivity index (χ0v) is 36.7. The number of hydrogen-bond acceptors (Lipinski definition) is 8. The van der Waals surface area contributed by atoms with Crippen LogP contribution in [0.2, 0.25) is 0 Å². The lowest BCUT2D eigenvalue weighted by atomic mass is 10.1. The van der Waals surface area contributed by atoms with Gasteiger partial charge in [0.15, 0.2) is 23.3 Å². The number of nitrogens with one attached hydrogen (secondary N) is 2. The van der Waals surface area contributed by atoms with E-state index < -0.39 is 0 Å². The Labute approximate surface area is 367 Å². The molecular formula is C50H42N10S2+2. The highest BCUT2D eigenvalue weighted by Crippen LogP contribution is 2.45. The molecule has 6 aromatic carbocycles. The largest absolute Gasteiger partial charge is 0.324 e. The maximum absolute atomic E-state index is 5.34. The predicted octanol–water partition coefficient (Wildman–Crippen LogP) is 11.6. The molecule has 11 rings (SSSR count). The molecule has 8 bridgehead atoms. The minimum Gasteiger partial charge on any atom is -0.324 e. The van der Waals surface area contributed by atoms with Crippen molar-refractivity contribution < 1.29 is 0 Å². The fraction of sp³-hybridized carbons (Fsp3) is 0.120. The summed E-state index contributed by atoms with van der Waals surface area (Å²) in [6, 6.07) is 46.5. The van der Waals surface area contributed by atoms with Crippen molar-refractivity contribution in [3.8, 4) is 45.6 Å². The number of aromatic nitrogens is 8. The average molecular weight is 847 g/mol. The molecule has 2 N–H and O–H groups in total. The van der Waals surface area contributed by atoms with Gasteiger partial charge in [-0.2, -0.15) is 0 Å². The fourth-order valence-corrected chi connectivity index (χ4v) is 10.1. The van der Waals surface area contributed by atoms with Crippen LogP contribution >= 0.6 is 23.5 Å². The molecule has 0 saturated heterocycles. The first-order chi connectivity index (χ1) is 29.9. The lowest BCUT2D eigenvalue weighted by Gasteiger charge is -2.24. The van der Waals surface area contributed by atoms with E-state index in [1.54, 1.807) is 23.5 Å². The number of aromatic amines is 2. The van der Waals surface area contributed by atoms with Gasteiger partial charge in [-0.3, -0.25) is 8.97 Å². The zero-order chi connectivity index (χ0) is 42.3. The molecule has 0 atom stereocenters. The van der Waals surface area contributed by atoms with Gasteiger partial charge in [-0.05, 0) is 36.4 Å². The van der Waals surface area contributed by atoms with E-state index in [0.717, 1.165) is 63.4 Å². The van der Waals surface area contributed by atoms with Gasteiger partial charge in [-0.15, -0.1) is 0 Å². The SMILES string of the molecule is C[N+](C)(C)c1cccc(Sc2cc3c4nc5nc(nc6[nH]c(nc7nc(nc([nH]4)c3cc2Sc2cccc([N+](C)(C)C)c2)-c2ccccc2-7)c2ccccc62)-c2ccccc2-5)c1. The third kappa shape index (κ3) is 6.81. The third-order valence-electron chi connectivity index (χ3n) is 11.3. The van der Waals surface area contributed by atoms with E-state index >= 15 is 0 Å². The van der Waals surface area contributed by atoms with Crippen LogP contribution in [0.4, 0.5) is 11.4 Å². The molecular weight excluding hydrogens is 805 g/mol.